The molecule has 1 aliphatic heterocycles. The molecule has 2 amide bonds. The highest BCUT2D eigenvalue weighted by Crippen LogP contribution is 2.41. The van der Waals surface area contributed by atoms with E-state index in [1.165, 1.54) is 6.07 Å². The Morgan fingerprint density at radius 2 is 1.70 bits per heavy atom. The van der Waals surface area contributed by atoms with Crippen LogP contribution in [-0.4, -0.2) is 54.8 Å². The molecular weight excluding hydrogens is 304 g/mol. The minimum Gasteiger partial charge on any atom is -0.340 e. The van der Waals surface area contributed by atoms with Crippen LogP contribution in [0.5, 0.6) is 0 Å². The molecule has 1 aromatic carbocycles. The molecular formula is C16H19F2N3O2. The van der Waals surface area contributed by atoms with Crippen molar-refractivity contribution in [2.45, 2.75) is 6.42 Å². The standard InChI is InChI=1S/C16H19F2N3O2/c1-20-5-7-21(8-6-20)16(23)11-9-10(11)15(22)19-14-12(17)3-2-4-13(14)18/h2-4,10-11H,5-9H2,1H3,(H,19,22). The maximum absolute atomic E-state index is 13.5. The number of benzene rings is 1. The van der Waals surface area contributed by atoms with Gasteiger partial charge in [0.2, 0.25) is 11.8 Å². The first-order valence-corrected chi connectivity index (χ1v) is 7.69. The summed E-state index contributed by atoms with van der Waals surface area (Å²) in [7, 11) is 2.00. The normalized spacial score (nSPS) is 24.4. The molecule has 1 aromatic rings. The Labute approximate surface area is 133 Å². The smallest absolute Gasteiger partial charge is 0.228 e. The average Bonchev–Trinajstić information content (AvgIpc) is 3.32. The Morgan fingerprint density at radius 1 is 1.09 bits per heavy atom. The molecule has 2 unspecified atom stereocenters. The summed E-state index contributed by atoms with van der Waals surface area (Å²) in [6.07, 6.45) is 0.438. The lowest BCUT2D eigenvalue weighted by Crippen LogP contribution is -2.48. The van der Waals surface area contributed by atoms with Crippen LogP contribution < -0.4 is 5.32 Å². The molecule has 3 rings (SSSR count). The quantitative estimate of drug-likeness (QED) is 0.913. The van der Waals surface area contributed by atoms with Crippen molar-refractivity contribution in [3.8, 4) is 0 Å². The zero-order valence-corrected chi connectivity index (χ0v) is 12.9. The van der Waals surface area contributed by atoms with Crippen molar-refractivity contribution in [1.82, 2.24) is 9.80 Å². The lowest BCUT2D eigenvalue weighted by atomic mass is 10.2. The molecule has 2 aliphatic rings. The highest BCUT2D eigenvalue weighted by molar-refractivity contribution is 5.99. The average molecular weight is 323 g/mol. The van der Waals surface area contributed by atoms with Crippen LogP contribution in [0.1, 0.15) is 6.42 Å². The third kappa shape index (κ3) is 3.34. The van der Waals surface area contributed by atoms with Crippen molar-refractivity contribution in [2.75, 3.05) is 38.5 Å². The lowest BCUT2D eigenvalue weighted by molar-refractivity contribution is -0.135. The van der Waals surface area contributed by atoms with Crippen molar-refractivity contribution >= 4 is 17.5 Å². The number of piperazine rings is 1. The van der Waals surface area contributed by atoms with Crippen molar-refractivity contribution in [3.05, 3.63) is 29.8 Å². The summed E-state index contributed by atoms with van der Waals surface area (Å²) in [4.78, 5) is 28.4. The molecule has 1 heterocycles. The van der Waals surface area contributed by atoms with Crippen LogP contribution in [0, 0.1) is 23.5 Å². The lowest BCUT2D eigenvalue weighted by Gasteiger charge is -2.32. The SMILES string of the molecule is CN1CCN(C(=O)C2CC2C(=O)Nc2c(F)cccc2F)CC1. The second-order valence-electron chi connectivity index (χ2n) is 6.16. The number of carbonyl (C=O) groups excluding carboxylic acids is 2. The zero-order chi connectivity index (χ0) is 16.6. The third-order valence-corrected chi connectivity index (χ3v) is 4.47. The number of carbonyl (C=O) groups is 2. The highest BCUT2D eigenvalue weighted by Gasteiger charge is 2.49. The Balaban J connectivity index is 1.58. The van der Waals surface area contributed by atoms with Crippen molar-refractivity contribution < 1.29 is 18.4 Å². The molecule has 2 fully saturated rings. The molecule has 23 heavy (non-hydrogen) atoms. The summed E-state index contributed by atoms with van der Waals surface area (Å²) in [6.45, 7) is 2.94. The molecule has 1 saturated heterocycles. The molecule has 0 aromatic heterocycles. The molecule has 7 heteroatoms. The van der Waals surface area contributed by atoms with Crippen LogP contribution >= 0.6 is 0 Å². The Kier molecular flexibility index (Phi) is 4.30. The highest BCUT2D eigenvalue weighted by atomic mass is 19.1. The topological polar surface area (TPSA) is 52.7 Å². The molecule has 5 nitrogen and oxygen atoms in total. The van der Waals surface area contributed by atoms with Gasteiger partial charge in [0, 0.05) is 26.2 Å². The number of amides is 2. The number of anilines is 1. The van der Waals surface area contributed by atoms with Gasteiger partial charge in [-0.1, -0.05) is 6.07 Å². The van der Waals surface area contributed by atoms with Gasteiger partial charge in [-0.05, 0) is 25.6 Å². The van der Waals surface area contributed by atoms with E-state index in [4.69, 9.17) is 0 Å². The predicted molar refractivity (Wildman–Crippen MR) is 80.7 cm³/mol. The molecule has 1 saturated carbocycles. The Hall–Kier alpha value is -2.02. The molecule has 0 spiro atoms. The van der Waals surface area contributed by atoms with Gasteiger partial charge in [-0.2, -0.15) is 0 Å². The van der Waals surface area contributed by atoms with Crippen molar-refractivity contribution in [2.24, 2.45) is 11.8 Å². The van der Waals surface area contributed by atoms with Gasteiger partial charge in [0.05, 0.1) is 11.8 Å². The van der Waals surface area contributed by atoms with Crippen molar-refractivity contribution in [3.63, 3.8) is 0 Å². The fourth-order valence-corrected chi connectivity index (χ4v) is 2.85. The van der Waals surface area contributed by atoms with Crippen LogP contribution in [-0.2, 0) is 9.59 Å². The summed E-state index contributed by atoms with van der Waals surface area (Å²) >= 11 is 0. The summed E-state index contributed by atoms with van der Waals surface area (Å²) in [5.74, 6) is -3.04. The van der Waals surface area contributed by atoms with E-state index in [1.54, 1.807) is 4.90 Å². The molecule has 1 N–H and O–H groups in total. The first kappa shape index (κ1) is 15.9. The number of nitrogens with zero attached hydrogens (tertiary/aromatic N) is 2. The van der Waals surface area contributed by atoms with E-state index in [-0.39, 0.29) is 11.8 Å². The van der Waals surface area contributed by atoms with E-state index < -0.39 is 29.1 Å². The van der Waals surface area contributed by atoms with Crippen LogP contribution in [0.15, 0.2) is 18.2 Å². The van der Waals surface area contributed by atoms with Crippen LogP contribution in [0.3, 0.4) is 0 Å². The second-order valence-corrected chi connectivity index (χ2v) is 6.16. The van der Waals surface area contributed by atoms with E-state index in [0.29, 0.717) is 19.5 Å². The number of nitrogens with one attached hydrogen (secondary N) is 1. The van der Waals surface area contributed by atoms with Gasteiger partial charge in [0.25, 0.3) is 0 Å². The van der Waals surface area contributed by atoms with Gasteiger partial charge < -0.3 is 15.1 Å². The molecule has 0 bridgehead atoms. The first-order chi connectivity index (χ1) is 11.0. The number of hydrogen-bond acceptors (Lipinski definition) is 3. The fourth-order valence-electron chi connectivity index (χ4n) is 2.85. The largest absolute Gasteiger partial charge is 0.340 e. The summed E-state index contributed by atoms with van der Waals surface area (Å²) in [6, 6.07) is 3.40. The zero-order valence-electron chi connectivity index (χ0n) is 12.9. The van der Waals surface area contributed by atoms with Gasteiger partial charge in [0.1, 0.15) is 17.3 Å². The van der Waals surface area contributed by atoms with Gasteiger partial charge in [-0.3, -0.25) is 9.59 Å². The van der Waals surface area contributed by atoms with E-state index in [1.807, 2.05) is 7.05 Å². The van der Waals surface area contributed by atoms with Crippen LogP contribution in [0.4, 0.5) is 14.5 Å². The first-order valence-electron chi connectivity index (χ1n) is 7.69. The molecule has 0 radical (unpaired) electrons. The van der Waals surface area contributed by atoms with E-state index in [9.17, 15) is 18.4 Å². The minimum absolute atomic E-state index is 0.0349. The number of halogens is 2. The molecule has 2 atom stereocenters. The number of likely N-dealkylation sites (N-methyl/N-ethyl adjacent to an activating group) is 1. The number of rotatable bonds is 3. The summed E-state index contributed by atoms with van der Waals surface area (Å²) in [5, 5.41) is 2.27. The van der Waals surface area contributed by atoms with E-state index in [0.717, 1.165) is 25.2 Å². The maximum atomic E-state index is 13.5. The van der Waals surface area contributed by atoms with Crippen LogP contribution in [0.25, 0.3) is 0 Å². The van der Waals surface area contributed by atoms with E-state index >= 15 is 0 Å². The second kappa shape index (κ2) is 6.23. The Bertz CT molecular complexity index is 610. The third-order valence-electron chi connectivity index (χ3n) is 4.47. The summed E-state index contributed by atoms with van der Waals surface area (Å²) in [5.41, 5.74) is -0.449. The maximum Gasteiger partial charge on any atom is 0.228 e. The summed E-state index contributed by atoms with van der Waals surface area (Å²) < 4.78 is 27.1. The number of hydrogen-bond donors (Lipinski definition) is 1. The predicted octanol–water partition coefficient (Wildman–Crippen LogP) is 1.31. The fraction of sp³-hybridized carbons (Fsp3) is 0.500. The van der Waals surface area contributed by atoms with Crippen molar-refractivity contribution in [1.29, 1.82) is 0 Å². The molecule has 1 aliphatic carbocycles. The van der Waals surface area contributed by atoms with Gasteiger partial charge in [-0.25, -0.2) is 8.78 Å². The monoisotopic (exact) mass is 323 g/mol. The number of para-hydroxylation sites is 1. The Morgan fingerprint density at radius 3 is 2.30 bits per heavy atom. The minimum atomic E-state index is -0.819. The van der Waals surface area contributed by atoms with Crippen LogP contribution in [0.2, 0.25) is 0 Å². The van der Waals surface area contributed by atoms with Gasteiger partial charge in [-0.15, -0.1) is 0 Å². The van der Waals surface area contributed by atoms with Gasteiger partial charge in [0.15, 0.2) is 0 Å². The van der Waals surface area contributed by atoms with E-state index in [2.05, 4.69) is 10.2 Å². The molecule has 124 valence electrons. The van der Waals surface area contributed by atoms with Gasteiger partial charge >= 0.3 is 0 Å².